The molecule has 1 aromatic rings. The van der Waals surface area contributed by atoms with Gasteiger partial charge in [0.15, 0.2) is 5.78 Å². The Bertz CT molecular complexity index is 666. The summed E-state index contributed by atoms with van der Waals surface area (Å²) in [5.74, 6) is -0.476. The maximum atomic E-state index is 12.7. The van der Waals surface area contributed by atoms with Crippen LogP contribution in [0.2, 0.25) is 0 Å². The van der Waals surface area contributed by atoms with Crippen LogP contribution in [0.1, 0.15) is 31.2 Å². The number of nitrogens with zero attached hydrogens (tertiary/aromatic N) is 1. The Balaban J connectivity index is 2.23. The molecule has 126 valence electrons. The molecule has 1 aromatic carbocycles. The lowest BCUT2D eigenvalue weighted by molar-refractivity contribution is -0.127. The third-order valence-corrected chi connectivity index (χ3v) is 5.52. The molecular weight excluding hydrogens is 318 g/mol. The molecule has 2 rings (SSSR count). The van der Waals surface area contributed by atoms with Gasteiger partial charge in [-0.15, -0.1) is 0 Å². The fourth-order valence-corrected chi connectivity index (χ4v) is 3.75. The number of sulfonamides is 1. The first-order valence-corrected chi connectivity index (χ1v) is 9.07. The van der Waals surface area contributed by atoms with E-state index in [0.29, 0.717) is 19.3 Å². The van der Waals surface area contributed by atoms with Crippen molar-refractivity contribution in [3.8, 4) is 0 Å². The number of carbonyl (C=O) groups excluding carboxylic acids is 2. The molecule has 0 N–H and O–H groups in total. The van der Waals surface area contributed by atoms with Gasteiger partial charge in [-0.05, 0) is 31.9 Å². The Morgan fingerprint density at radius 1 is 1.04 bits per heavy atom. The molecule has 1 aliphatic heterocycles. The number of aryl methyl sites for hydroxylation is 1. The second-order valence-corrected chi connectivity index (χ2v) is 7.44. The van der Waals surface area contributed by atoms with Gasteiger partial charge >= 0.3 is 0 Å². The van der Waals surface area contributed by atoms with Crippen LogP contribution in [0.25, 0.3) is 0 Å². The average Bonchev–Trinajstić information content (AvgIpc) is 2.54. The number of benzene rings is 1. The van der Waals surface area contributed by atoms with Crippen molar-refractivity contribution in [3.63, 3.8) is 0 Å². The van der Waals surface area contributed by atoms with Gasteiger partial charge in [0, 0.05) is 12.8 Å². The first kappa shape index (κ1) is 17.6. The fourth-order valence-electron chi connectivity index (χ4n) is 2.35. The van der Waals surface area contributed by atoms with Gasteiger partial charge in [0.25, 0.3) is 10.0 Å². The van der Waals surface area contributed by atoms with Gasteiger partial charge in [0.05, 0.1) is 18.0 Å². The molecule has 0 atom stereocenters. The second-order valence-electron chi connectivity index (χ2n) is 5.58. The first-order chi connectivity index (χ1) is 10.9. The second kappa shape index (κ2) is 7.70. The van der Waals surface area contributed by atoms with E-state index in [1.54, 1.807) is 12.1 Å². The first-order valence-electron chi connectivity index (χ1n) is 7.63. The largest absolute Gasteiger partial charge is 0.372 e. The molecule has 1 fully saturated rings. The van der Waals surface area contributed by atoms with Gasteiger partial charge < -0.3 is 4.74 Å². The Hall–Kier alpha value is -1.73. The molecule has 0 unspecified atom stereocenters. The summed E-state index contributed by atoms with van der Waals surface area (Å²) in [6.45, 7) is 1.76. The van der Waals surface area contributed by atoms with E-state index < -0.39 is 15.9 Å². The Morgan fingerprint density at radius 3 is 2.39 bits per heavy atom. The molecule has 1 saturated heterocycles. The minimum absolute atomic E-state index is 0.0164. The normalized spacial score (nSPS) is 18.6. The highest BCUT2D eigenvalue weighted by Crippen LogP contribution is 2.18. The van der Waals surface area contributed by atoms with Crippen molar-refractivity contribution in [2.75, 3.05) is 19.8 Å². The molecule has 1 heterocycles. The molecule has 23 heavy (non-hydrogen) atoms. The smallest absolute Gasteiger partial charge is 0.266 e. The third kappa shape index (κ3) is 4.62. The van der Waals surface area contributed by atoms with Crippen molar-refractivity contribution in [2.45, 2.75) is 37.5 Å². The number of Topliss-reactive ketones (excluding diaryl/α,β-unsaturated/α-hetero) is 1. The monoisotopic (exact) mass is 339 g/mol. The zero-order valence-corrected chi connectivity index (χ0v) is 14.0. The lowest BCUT2D eigenvalue weighted by Gasteiger charge is -2.22. The topological polar surface area (TPSA) is 80.8 Å². The number of ether oxygens (including phenoxy) is 1. The Labute approximate surface area is 136 Å². The molecule has 0 bridgehead atoms. The Morgan fingerprint density at radius 2 is 1.70 bits per heavy atom. The maximum absolute atomic E-state index is 12.7. The zero-order chi connectivity index (χ0) is 16.9. The van der Waals surface area contributed by atoms with E-state index >= 15 is 0 Å². The van der Waals surface area contributed by atoms with E-state index in [0.717, 1.165) is 9.87 Å². The average molecular weight is 339 g/mol. The molecule has 0 spiro atoms. The van der Waals surface area contributed by atoms with Crippen LogP contribution in [0.15, 0.2) is 29.2 Å². The number of ketones is 1. The van der Waals surface area contributed by atoms with Gasteiger partial charge in [-0.2, -0.15) is 0 Å². The molecule has 0 aromatic heterocycles. The quantitative estimate of drug-likeness (QED) is 0.819. The van der Waals surface area contributed by atoms with Crippen LogP contribution in [0, 0.1) is 6.92 Å². The summed E-state index contributed by atoms with van der Waals surface area (Å²) in [6, 6.07) is 6.37. The standard InChI is InChI=1S/C16H21NO5S/c1-13-6-8-15(9-7-13)23(20,21)17-10-11-22-12-14(18)4-2-3-5-16(17)19/h6-9H,2-5,10-12H2,1H3. The number of amides is 1. The number of hydrogen-bond acceptors (Lipinski definition) is 5. The van der Waals surface area contributed by atoms with Crippen molar-refractivity contribution in [3.05, 3.63) is 29.8 Å². The molecular formula is C16H21NO5S. The van der Waals surface area contributed by atoms with Gasteiger partial charge in [-0.3, -0.25) is 9.59 Å². The summed E-state index contributed by atoms with van der Waals surface area (Å²) in [5, 5.41) is 0. The van der Waals surface area contributed by atoms with Crippen LogP contribution < -0.4 is 0 Å². The summed E-state index contributed by atoms with van der Waals surface area (Å²) < 4.78 is 31.5. The van der Waals surface area contributed by atoms with Crippen LogP contribution in [0.3, 0.4) is 0 Å². The predicted molar refractivity (Wildman–Crippen MR) is 84.4 cm³/mol. The SMILES string of the molecule is Cc1ccc(S(=O)(=O)N2CCOCC(=O)CCCCC2=O)cc1. The summed E-state index contributed by atoms with van der Waals surface area (Å²) in [7, 11) is -3.90. The van der Waals surface area contributed by atoms with Crippen molar-refractivity contribution in [1.29, 1.82) is 0 Å². The summed E-state index contributed by atoms with van der Waals surface area (Å²) >= 11 is 0. The highest BCUT2D eigenvalue weighted by atomic mass is 32.2. The summed E-state index contributed by atoms with van der Waals surface area (Å²) in [5.41, 5.74) is 0.939. The van der Waals surface area contributed by atoms with Crippen molar-refractivity contribution < 1.29 is 22.7 Å². The van der Waals surface area contributed by atoms with Crippen LogP contribution in [-0.4, -0.2) is 44.2 Å². The van der Waals surface area contributed by atoms with Crippen molar-refractivity contribution >= 4 is 21.7 Å². The lowest BCUT2D eigenvalue weighted by atomic mass is 10.1. The van der Waals surface area contributed by atoms with Gasteiger partial charge in [-0.1, -0.05) is 17.7 Å². The van der Waals surface area contributed by atoms with E-state index in [4.69, 9.17) is 4.74 Å². The van der Waals surface area contributed by atoms with Gasteiger partial charge in [0.1, 0.15) is 6.61 Å². The zero-order valence-electron chi connectivity index (χ0n) is 13.2. The van der Waals surface area contributed by atoms with E-state index in [9.17, 15) is 18.0 Å². The van der Waals surface area contributed by atoms with Crippen molar-refractivity contribution in [1.82, 2.24) is 4.31 Å². The van der Waals surface area contributed by atoms with Crippen LogP contribution in [-0.2, 0) is 24.3 Å². The minimum atomic E-state index is -3.90. The third-order valence-electron chi connectivity index (χ3n) is 3.69. The number of rotatable bonds is 2. The highest BCUT2D eigenvalue weighted by molar-refractivity contribution is 7.89. The molecule has 1 aliphatic rings. The van der Waals surface area contributed by atoms with Gasteiger partial charge in [0.2, 0.25) is 5.91 Å². The van der Waals surface area contributed by atoms with Crippen LogP contribution in [0.5, 0.6) is 0 Å². The fraction of sp³-hybridized carbons (Fsp3) is 0.500. The lowest BCUT2D eigenvalue weighted by Crippen LogP contribution is -2.39. The summed E-state index contributed by atoms with van der Waals surface area (Å²) in [4.78, 5) is 23.9. The molecule has 0 aliphatic carbocycles. The Kier molecular flexibility index (Phi) is 5.90. The maximum Gasteiger partial charge on any atom is 0.266 e. The highest BCUT2D eigenvalue weighted by Gasteiger charge is 2.29. The van der Waals surface area contributed by atoms with Gasteiger partial charge in [-0.25, -0.2) is 12.7 Å². The molecule has 1 amide bonds. The van der Waals surface area contributed by atoms with E-state index in [1.807, 2.05) is 6.92 Å². The summed E-state index contributed by atoms with van der Waals surface area (Å²) in [6.07, 6.45) is 1.52. The molecule has 6 nitrogen and oxygen atoms in total. The molecule has 7 heteroatoms. The predicted octanol–water partition coefficient (Wildman–Crippen LogP) is 1.67. The van der Waals surface area contributed by atoms with Crippen molar-refractivity contribution in [2.24, 2.45) is 0 Å². The minimum Gasteiger partial charge on any atom is -0.372 e. The van der Waals surface area contributed by atoms with Crippen LogP contribution in [0.4, 0.5) is 0 Å². The number of hydrogen-bond donors (Lipinski definition) is 0. The number of carbonyl (C=O) groups is 2. The van der Waals surface area contributed by atoms with E-state index in [1.165, 1.54) is 12.1 Å². The van der Waals surface area contributed by atoms with E-state index in [-0.39, 0.29) is 36.9 Å². The van der Waals surface area contributed by atoms with Crippen LogP contribution >= 0.6 is 0 Å². The van der Waals surface area contributed by atoms with E-state index in [2.05, 4.69) is 0 Å². The molecule has 0 radical (unpaired) electrons. The molecule has 0 saturated carbocycles.